The van der Waals surface area contributed by atoms with Crippen LogP contribution in [-0.2, 0) is 9.53 Å². The molecular formula is C25H17NO6. The van der Waals surface area contributed by atoms with Crippen LogP contribution in [0.2, 0.25) is 0 Å². The molecule has 3 aromatic carbocycles. The molecular weight excluding hydrogens is 410 g/mol. The lowest BCUT2D eigenvalue weighted by Crippen LogP contribution is -2.09. The van der Waals surface area contributed by atoms with Crippen molar-refractivity contribution in [3.8, 4) is 17.2 Å². The van der Waals surface area contributed by atoms with E-state index in [1.807, 2.05) is 31.2 Å². The summed E-state index contributed by atoms with van der Waals surface area (Å²) in [5.74, 6) is 0.449. The van der Waals surface area contributed by atoms with Crippen molar-refractivity contribution in [2.45, 2.75) is 6.92 Å². The number of esters is 2. The van der Waals surface area contributed by atoms with Gasteiger partial charge in [0.05, 0.1) is 5.56 Å². The number of fused-ring (bicyclic) bond motifs is 1. The number of hydrogen-bond donors (Lipinski definition) is 0. The minimum absolute atomic E-state index is 0.117. The summed E-state index contributed by atoms with van der Waals surface area (Å²) in [5.41, 5.74) is 2.74. The monoisotopic (exact) mass is 427 g/mol. The van der Waals surface area contributed by atoms with E-state index in [2.05, 4.69) is 4.99 Å². The predicted octanol–water partition coefficient (Wildman–Crippen LogP) is 4.29. The Morgan fingerprint density at radius 2 is 1.78 bits per heavy atom. The number of carbonyl (C=O) groups excluding carboxylic acids is 2. The molecule has 0 atom stereocenters. The first-order valence-corrected chi connectivity index (χ1v) is 9.87. The topological polar surface area (TPSA) is 83.4 Å². The highest BCUT2D eigenvalue weighted by molar-refractivity contribution is 6.13. The summed E-state index contributed by atoms with van der Waals surface area (Å²) in [6.07, 6.45) is 1.53. The lowest BCUT2D eigenvalue weighted by Gasteiger charge is -2.08. The second kappa shape index (κ2) is 8.03. The number of benzene rings is 3. The highest BCUT2D eigenvalue weighted by atomic mass is 16.7. The van der Waals surface area contributed by atoms with Crippen molar-refractivity contribution in [3.05, 3.63) is 94.7 Å². The molecule has 0 aliphatic carbocycles. The highest BCUT2D eigenvalue weighted by Crippen LogP contribution is 2.33. The maximum absolute atomic E-state index is 12.7. The number of aliphatic imine (C=N–C) groups is 1. The van der Waals surface area contributed by atoms with Crippen molar-refractivity contribution in [3.63, 3.8) is 0 Å². The Bertz CT molecular complexity index is 1290. The van der Waals surface area contributed by atoms with Gasteiger partial charge in [-0.1, -0.05) is 35.9 Å². The van der Waals surface area contributed by atoms with Crippen LogP contribution < -0.4 is 14.2 Å². The summed E-state index contributed by atoms with van der Waals surface area (Å²) < 4.78 is 21.5. The molecule has 32 heavy (non-hydrogen) atoms. The summed E-state index contributed by atoms with van der Waals surface area (Å²) >= 11 is 0. The first-order chi connectivity index (χ1) is 15.6. The Kier molecular flexibility index (Phi) is 4.91. The molecule has 2 aliphatic rings. The van der Waals surface area contributed by atoms with Gasteiger partial charge in [0.25, 0.3) is 0 Å². The van der Waals surface area contributed by atoms with Crippen LogP contribution in [0.1, 0.15) is 27.0 Å². The number of carbonyl (C=O) groups is 2. The SMILES string of the molecule is Cc1ccc(C2=NC(=Cc3ccccc3OC(=O)c3ccc4c(c3)OCO4)C(=O)O2)cc1. The van der Waals surface area contributed by atoms with E-state index in [9.17, 15) is 9.59 Å². The Morgan fingerprint density at radius 1 is 1.00 bits per heavy atom. The van der Waals surface area contributed by atoms with Gasteiger partial charge in [0, 0.05) is 11.1 Å². The second-order valence-electron chi connectivity index (χ2n) is 7.20. The summed E-state index contributed by atoms with van der Waals surface area (Å²) in [5, 5.41) is 0. The molecule has 3 aromatic rings. The molecule has 2 heterocycles. The smallest absolute Gasteiger partial charge is 0.363 e. The first kappa shape index (κ1) is 19.6. The number of ether oxygens (including phenoxy) is 4. The van der Waals surface area contributed by atoms with E-state index >= 15 is 0 Å². The van der Waals surface area contributed by atoms with E-state index in [0.29, 0.717) is 28.2 Å². The molecule has 0 N–H and O–H groups in total. The zero-order chi connectivity index (χ0) is 22.1. The molecule has 2 aliphatic heterocycles. The Labute approximate surface area is 183 Å². The van der Waals surface area contributed by atoms with Crippen molar-refractivity contribution in [1.82, 2.24) is 0 Å². The van der Waals surface area contributed by atoms with Gasteiger partial charge < -0.3 is 18.9 Å². The van der Waals surface area contributed by atoms with Gasteiger partial charge in [0.1, 0.15) is 5.75 Å². The molecule has 0 saturated carbocycles. The molecule has 158 valence electrons. The second-order valence-corrected chi connectivity index (χ2v) is 7.20. The Hall–Kier alpha value is -4.39. The molecule has 0 unspecified atom stereocenters. The third-order valence-corrected chi connectivity index (χ3v) is 4.94. The number of nitrogens with zero attached hydrogens (tertiary/aromatic N) is 1. The fraction of sp³-hybridized carbons (Fsp3) is 0.0800. The molecule has 0 aromatic heterocycles. The van der Waals surface area contributed by atoms with Crippen LogP contribution in [0.4, 0.5) is 0 Å². The average Bonchev–Trinajstić information content (AvgIpc) is 3.41. The highest BCUT2D eigenvalue weighted by Gasteiger charge is 2.25. The third-order valence-electron chi connectivity index (χ3n) is 4.94. The van der Waals surface area contributed by atoms with Crippen LogP contribution in [0.25, 0.3) is 6.08 Å². The van der Waals surface area contributed by atoms with Crippen LogP contribution in [0.15, 0.2) is 77.4 Å². The summed E-state index contributed by atoms with van der Waals surface area (Å²) in [7, 11) is 0. The lowest BCUT2D eigenvalue weighted by atomic mass is 10.1. The van der Waals surface area contributed by atoms with Gasteiger partial charge >= 0.3 is 11.9 Å². The fourth-order valence-electron chi connectivity index (χ4n) is 3.25. The van der Waals surface area contributed by atoms with E-state index in [0.717, 1.165) is 5.56 Å². The molecule has 0 amide bonds. The van der Waals surface area contributed by atoms with E-state index in [1.54, 1.807) is 42.5 Å². The number of rotatable bonds is 4. The van der Waals surface area contributed by atoms with Crippen molar-refractivity contribution in [2.75, 3.05) is 6.79 Å². The standard InChI is InChI=1S/C25H17NO6/c1-15-6-8-16(9-7-15)23-26-19(25(28)32-23)12-17-4-2-3-5-20(17)31-24(27)18-10-11-21-22(13-18)30-14-29-21/h2-13H,14H2,1H3. The summed E-state index contributed by atoms with van der Waals surface area (Å²) in [4.78, 5) is 29.3. The molecule has 0 bridgehead atoms. The molecule has 0 saturated heterocycles. The maximum Gasteiger partial charge on any atom is 0.363 e. The van der Waals surface area contributed by atoms with Gasteiger partial charge in [0.2, 0.25) is 12.7 Å². The normalized spacial score (nSPS) is 15.5. The molecule has 5 rings (SSSR count). The Morgan fingerprint density at radius 3 is 2.62 bits per heavy atom. The van der Waals surface area contributed by atoms with Crippen molar-refractivity contribution < 1.29 is 28.5 Å². The van der Waals surface area contributed by atoms with E-state index < -0.39 is 11.9 Å². The molecule has 0 fully saturated rings. The van der Waals surface area contributed by atoms with Gasteiger partial charge in [-0.2, -0.15) is 0 Å². The minimum Gasteiger partial charge on any atom is -0.454 e. The number of aryl methyl sites for hydroxylation is 1. The largest absolute Gasteiger partial charge is 0.454 e. The van der Waals surface area contributed by atoms with Crippen molar-refractivity contribution >= 4 is 23.9 Å². The average molecular weight is 427 g/mol. The summed E-state index contributed by atoms with van der Waals surface area (Å²) in [6, 6.07) is 19.2. The predicted molar refractivity (Wildman–Crippen MR) is 116 cm³/mol. The van der Waals surface area contributed by atoms with Gasteiger partial charge in [-0.3, -0.25) is 0 Å². The van der Waals surface area contributed by atoms with E-state index in [4.69, 9.17) is 18.9 Å². The lowest BCUT2D eigenvalue weighted by molar-refractivity contribution is -0.129. The zero-order valence-electron chi connectivity index (χ0n) is 17.0. The van der Waals surface area contributed by atoms with Crippen molar-refractivity contribution in [2.24, 2.45) is 4.99 Å². The van der Waals surface area contributed by atoms with Crippen LogP contribution in [0.5, 0.6) is 17.2 Å². The third kappa shape index (κ3) is 3.83. The van der Waals surface area contributed by atoms with Crippen LogP contribution >= 0.6 is 0 Å². The minimum atomic E-state index is -0.572. The first-order valence-electron chi connectivity index (χ1n) is 9.87. The molecule has 7 nitrogen and oxygen atoms in total. The van der Waals surface area contributed by atoms with Crippen molar-refractivity contribution in [1.29, 1.82) is 0 Å². The molecule has 0 radical (unpaired) electrons. The fourth-order valence-corrected chi connectivity index (χ4v) is 3.25. The molecule has 7 heteroatoms. The van der Waals surface area contributed by atoms with Gasteiger partial charge in [-0.25, -0.2) is 14.6 Å². The number of para-hydroxylation sites is 1. The quantitative estimate of drug-likeness (QED) is 0.351. The van der Waals surface area contributed by atoms with E-state index in [-0.39, 0.29) is 24.1 Å². The van der Waals surface area contributed by atoms with Gasteiger partial charge in [0.15, 0.2) is 17.2 Å². The summed E-state index contributed by atoms with van der Waals surface area (Å²) in [6.45, 7) is 2.09. The van der Waals surface area contributed by atoms with E-state index in [1.165, 1.54) is 6.08 Å². The Balaban J connectivity index is 1.41. The molecule has 0 spiro atoms. The van der Waals surface area contributed by atoms with Gasteiger partial charge in [-0.05, 0) is 49.4 Å². The maximum atomic E-state index is 12.7. The van der Waals surface area contributed by atoms with Crippen LogP contribution in [-0.4, -0.2) is 24.6 Å². The van der Waals surface area contributed by atoms with Crippen LogP contribution in [0.3, 0.4) is 0 Å². The number of hydrogen-bond acceptors (Lipinski definition) is 7. The zero-order valence-corrected chi connectivity index (χ0v) is 17.0. The van der Waals surface area contributed by atoms with Gasteiger partial charge in [-0.15, -0.1) is 0 Å². The number of cyclic esters (lactones) is 1. The van der Waals surface area contributed by atoms with Crippen LogP contribution in [0, 0.1) is 6.92 Å².